The summed E-state index contributed by atoms with van der Waals surface area (Å²) in [6, 6.07) is 0.400. The fourth-order valence-electron chi connectivity index (χ4n) is 1.29. The smallest absolute Gasteiger partial charge is 0.319 e. The van der Waals surface area contributed by atoms with E-state index in [-0.39, 0.29) is 24.8 Å². The monoisotopic (exact) mass is 230 g/mol. The molecule has 1 N–H and O–H groups in total. The van der Waals surface area contributed by atoms with Crippen LogP contribution in [-0.2, 0) is 14.3 Å². The van der Waals surface area contributed by atoms with Crippen molar-refractivity contribution in [2.24, 2.45) is 0 Å². The van der Waals surface area contributed by atoms with Crippen LogP contribution in [0.15, 0.2) is 0 Å². The van der Waals surface area contributed by atoms with E-state index in [4.69, 9.17) is 0 Å². The molecule has 0 radical (unpaired) electrons. The molecule has 0 saturated carbocycles. The fourth-order valence-corrected chi connectivity index (χ4v) is 1.29. The van der Waals surface area contributed by atoms with E-state index in [9.17, 15) is 9.59 Å². The number of nitrogens with zero attached hydrogens (tertiary/aromatic N) is 1. The molecule has 0 aliphatic heterocycles. The number of carbonyl (C=O) groups is 2. The Morgan fingerprint density at radius 3 is 2.38 bits per heavy atom. The number of rotatable bonds is 8. The number of nitrogens with one attached hydrogen (secondary N) is 1. The van der Waals surface area contributed by atoms with Crippen LogP contribution in [-0.4, -0.2) is 56.0 Å². The number of esters is 1. The number of methoxy groups -OCH3 is 1. The molecule has 0 bridgehead atoms. The molecule has 0 fully saturated rings. The first-order valence-corrected chi connectivity index (χ1v) is 5.47. The largest absolute Gasteiger partial charge is 0.468 e. The van der Waals surface area contributed by atoms with Gasteiger partial charge in [-0.15, -0.1) is 0 Å². The number of ether oxygens (including phenoxy) is 1. The van der Waals surface area contributed by atoms with Gasteiger partial charge in [-0.25, -0.2) is 0 Å². The van der Waals surface area contributed by atoms with Gasteiger partial charge in [-0.2, -0.15) is 0 Å². The second kappa shape index (κ2) is 8.24. The van der Waals surface area contributed by atoms with Gasteiger partial charge in [0, 0.05) is 19.1 Å². The lowest BCUT2D eigenvalue weighted by Gasteiger charge is -2.20. The van der Waals surface area contributed by atoms with Gasteiger partial charge in [0.25, 0.3) is 0 Å². The summed E-state index contributed by atoms with van der Waals surface area (Å²) in [5.41, 5.74) is 0. The molecule has 5 heteroatoms. The third kappa shape index (κ3) is 8.38. The average Bonchev–Trinajstić information content (AvgIpc) is 2.15. The predicted octanol–water partition coefficient (Wildman–Crippen LogP) is 0.0484. The van der Waals surface area contributed by atoms with Crippen molar-refractivity contribution in [3.8, 4) is 0 Å². The maximum Gasteiger partial charge on any atom is 0.319 e. The zero-order chi connectivity index (χ0) is 12.6. The van der Waals surface area contributed by atoms with E-state index in [0.717, 1.165) is 6.54 Å². The van der Waals surface area contributed by atoms with Crippen LogP contribution in [0.4, 0.5) is 0 Å². The van der Waals surface area contributed by atoms with Crippen molar-refractivity contribution in [2.45, 2.75) is 26.8 Å². The molecule has 0 spiro atoms. The topological polar surface area (TPSA) is 58.6 Å². The maximum absolute atomic E-state index is 11.1. The van der Waals surface area contributed by atoms with Gasteiger partial charge in [0.1, 0.15) is 5.78 Å². The van der Waals surface area contributed by atoms with Crippen LogP contribution in [0.25, 0.3) is 0 Å². The van der Waals surface area contributed by atoms with Crippen molar-refractivity contribution in [1.82, 2.24) is 10.2 Å². The zero-order valence-electron chi connectivity index (χ0n) is 10.6. The minimum atomic E-state index is -0.314. The van der Waals surface area contributed by atoms with Crippen LogP contribution < -0.4 is 5.32 Å². The maximum atomic E-state index is 11.1. The standard InChI is InChI=1S/C11H22N2O3/c1-9(2)12-5-6-13(7-10(3)14)8-11(15)16-4/h9,12H,5-8H2,1-4H3. The third-order valence-electron chi connectivity index (χ3n) is 2.01. The Labute approximate surface area is 97.1 Å². The summed E-state index contributed by atoms with van der Waals surface area (Å²) < 4.78 is 4.58. The van der Waals surface area contributed by atoms with Gasteiger partial charge in [0.05, 0.1) is 20.2 Å². The summed E-state index contributed by atoms with van der Waals surface area (Å²) >= 11 is 0. The van der Waals surface area contributed by atoms with Gasteiger partial charge in [-0.05, 0) is 6.92 Å². The van der Waals surface area contributed by atoms with Gasteiger partial charge in [0.2, 0.25) is 0 Å². The molecule has 0 rings (SSSR count). The molecule has 0 saturated heterocycles. The minimum Gasteiger partial charge on any atom is -0.468 e. The lowest BCUT2D eigenvalue weighted by molar-refractivity contribution is -0.142. The van der Waals surface area contributed by atoms with Gasteiger partial charge in [-0.1, -0.05) is 13.8 Å². The normalized spacial score (nSPS) is 10.9. The first-order valence-electron chi connectivity index (χ1n) is 5.47. The van der Waals surface area contributed by atoms with Crippen molar-refractivity contribution in [2.75, 3.05) is 33.3 Å². The number of hydrogen-bond donors (Lipinski definition) is 1. The zero-order valence-corrected chi connectivity index (χ0v) is 10.6. The van der Waals surface area contributed by atoms with E-state index in [1.165, 1.54) is 14.0 Å². The minimum absolute atomic E-state index is 0.0495. The number of Topliss-reactive ketones (excluding diaryl/α,β-unsaturated/α-hetero) is 1. The third-order valence-corrected chi connectivity index (χ3v) is 2.01. The molecule has 0 atom stereocenters. The Bertz CT molecular complexity index is 229. The lowest BCUT2D eigenvalue weighted by atomic mass is 10.3. The summed E-state index contributed by atoms with van der Waals surface area (Å²) in [6.45, 7) is 7.48. The first-order chi connectivity index (χ1) is 7.45. The molecular formula is C11H22N2O3. The quantitative estimate of drug-likeness (QED) is 0.597. The first kappa shape index (κ1) is 15.1. The van der Waals surface area contributed by atoms with E-state index in [1.807, 2.05) is 0 Å². The second-order valence-electron chi connectivity index (χ2n) is 4.10. The number of carbonyl (C=O) groups excluding carboxylic acids is 2. The van der Waals surface area contributed by atoms with Crippen LogP contribution in [0, 0.1) is 0 Å². The van der Waals surface area contributed by atoms with Crippen LogP contribution in [0.1, 0.15) is 20.8 Å². The van der Waals surface area contributed by atoms with Crippen LogP contribution in [0.5, 0.6) is 0 Å². The second-order valence-corrected chi connectivity index (χ2v) is 4.10. The Hall–Kier alpha value is -0.940. The highest BCUT2D eigenvalue weighted by Crippen LogP contribution is 1.90. The molecule has 0 aromatic rings. The highest BCUT2D eigenvalue weighted by atomic mass is 16.5. The number of ketones is 1. The molecule has 0 aliphatic rings. The summed E-state index contributed by atoms with van der Waals surface area (Å²) in [4.78, 5) is 23.9. The molecule has 0 aliphatic carbocycles. The van der Waals surface area contributed by atoms with Crippen LogP contribution in [0.2, 0.25) is 0 Å². The van der Waals surface area contributed by atoms with E-state index in [2.05, 4.69) is 23.9 Å². The Morgan fingerprint density at radius 1 is 1.31 bits per heavy atom. The SMILES string of the molecule is COC(=O)CN(CCNC(C)C)CC(C)=O. The molecular weight excluding hydrogens is 208 g/mol. The van der Waals surface area contributed by atoms with E-state index >= 15 is 0 Å². The average molecular weight is 230 g/mol. The Morgan fingerprint density at radius 2 is 1.94 bits per heavy atom. The summed E-state index contributed by atoms with van der Waals surface area (Å²) in [7, 11) is 1.35. The molecule has 94 valence electrons. The van der Waals surface area contributed by atoms with Crippen LogP contribution in [0.3, 0.4) is 0 Å². The summed E-state index contributed by atoms with van der Waals surface area (Å²) in [6.07, 6.45) is 0. The van der Waals surface area contributed by atoms with Crippen molar-refractivity contribution >= 4 is 11.8 Å². The van der Waals surface area contributed by atoms with Crippen molar-refractivity contribution < 1.29 is 14.3 Å². The van der Waals surface area contributed by atoms with Gasteiger partial charge >= 0.3 is 5.97 Å². The molecule has 0 aromatic heterocycles. The van der Waals surface area contributed by atoms with Crippen molar-refractivity contribution in [1.29, 1.82) is 0 Å². The van der Waals surface area contributed by atoms with E-state index < -0.39 is 0 Å². The number of hydrogen-bond acceptors (Lipinski definition) is 5. The molecule has 0 aromatic carbocycles. The molecule has 0 heterocycles. The van der Waals surface area contributed by atoms with Crippen LogP contribution >= 0.6 is 0 Å². The van der Waals surface area contributed by atoms with Crippen molar-refractivity contribution in [3.63, 3.8) is 0 Å². The van der Waals surface area contributed by atoms with Gasteiger partial charge < -0.3 is 10.1 Å². The van der Waals surface area contributed by atoms with Gasteiger partial charge in [-0.3, -0.25) is 14.5 Å². The molecule has 5 nitrogen and oxygen atoms in total. The highest BCUT2D eigenvalue weighted by Gasteiger charge is 2.12. The Kier molecular flexibility index (Phi) is 7.76. The molecule has 0 amide bonds. The van der Waals surface area contributed by atoms with E-state index in [0.29, 0.717) is 12.6 Å². The van der Waals surface area contributed by atoms with Gasteiger partial charge in [0.15, 0.2) is 0 Å². The predicted molar refractivity (Wildman–Crippen MR) is 62.3 cm³/mol. The highest BCUT2D eigenvalue weighted by molar-refractivity contribution is 5.78. The molecule has 0 unspecified atom stereocenters. The summed E-state index contributed by atoms with van der Waals surface area (Å²) in [5, 5.41) is 3.24. The lowest BCUT2D eigenvalue weighted by Crippen LogP contribution is -2.40. The Balaban J connectivity index is 3.99. The summed E-state index contributed by atoms with van der Waals surface area (Å²) in [5.74, 6) is -0.265. The van der Waals surface area contributed by atoms with Crippen molar-refractivity contribution in [3.05, 3.63) is 0 Å². The molecule has 16 heavy (non-hydrogen) atoms. The van der Waals surface area contributed by atoms with E-state index in [1.54, 1.807) is 4.90 Å². The fraction of sp³-hybridized carbons (Fsp3) is 0.818.